The van der Waals surface area contributed by atoms with E-state index in [1.54, 1.807) is 6.08 Å². The molecule has 0 aromatic carbocycles. The van der Waals surface area contributed by atoms with Gasteiger partial charge < -0.3 is 19.2 Å². The normalized spacial score (nSPS) is 33.5. The van der Waals surface area contributed by atoms with Crippen molar-refractivity contribution >= 4 is 7.12 Å². The van der Waals surface area contributed by atoms with Gasteiger partial charge in [0.05, 0.1) is 24.9 Å². The van der Waals surface area contributed by atoms with Crippen molar-refractivity contribution in [3.8, 4) is 0 Å². The van der Waals surface area contributed by atoms with Crippen LogP contribution < -0.4 is 0 Å². The zero-order valence-electron chi connectivity index (χ0n) is 12.5. The first kappa shape index (κ1) is 15.5. The maximum absolute atomic E-state index is 10.2. The zero-order chi connectivity index (χ0) is 14.8. The summed E-state index contributed by atoms with van der Waals surface area (Å²) in [7, 11) is -0.343. The van der Waals surface area contributed by atoms with Crippen LogP contribution in [-0.4, -0.2) is 42.7 Å². The molecule has 110 valence electrons. The molecule has 2 rings (SSSR count). The molecule has 0 aliphatic carbocycles. The number of aliphatic hydroxyl groups is 1. The van der Waals surface area contributed by atoms with E-state index in [9.17, 15) is 5.11 Å². The fourth-order valence-corrected chi connectivity index (χ4v) is 2.31. The Morgan fingerprint density at radius 2 is 2.20 bits per heavy atom. The minimum Gasteiger partial charge on any atom is -0.402 e. The molecule has 0 saturated carbocycles. The lowest BCUT2D eigenvalue weighted by atomic mass is 9.87. The summed E-state index contributed by atoms with van der Waals surface area (Å²) in [4.78, 5) is 0. The van der Waals surface area contributed by atoms with Gasteiger partial charge in [0, 0.05) is 0 Å². The smallest absolute Gasteiger partial charge is 0.402 e. The molecule has 2 unspecified atom stereocenters. The third kappa shape index (κ3) is 2.91. The molecule has 0 aromatic heterocycles. The van der Waals surface area contributed by atoms with E-state index in [2.05, 4.69) is 20.4 Å². The first-order chi connectivity index (χ1) is 9.43. The zero-order valence-corrected chi connectivity index (χ0v) is 12.5. The van der Waals surface area contributed by atoms with Crippen molar-refractivity contribution in [1.29, 1.82) is 0 Å². The second kappa shape index (κ2) is 5.86. The molecule has 2 aliphatic heterocycles. The highest BCUT2D eigenvalue weighted by atomic mass is 16.7. The molecule has 4 nitrogen and oxygen atoms in total. The van der Waals surface area contributed by atoms with Crippen molar-refractivity contribution in [3.05, 3.63) is 36.4 Å². The highest BCUT2D eigenvalue weighted by molar-refractivity contribution is 6.51. The summed E-state index contributed by atoms with van der Waals surface area (Å²) in [6.45, 7) is 10.5. The third-order valence-corrected chi connectivity index (χ3v) is 4.27. The molecule has 5 heteroatoms. The molecule has 20 heavy (non-hydrogen) atoms. The molecule has 2 heterocycles. The van der Waals surface area contributed by atoms with E-state index in [0.717, 1.165) is 12.0 Å². The topological polar surface area (TPSA) is 47.9 Å². The molecule has 0 spiro atoms. The van der Waals surface area contributed by atoms with E-state index in [4.69, 9.17) is 14.0 Å². The van der Waals surface area contributed by atoms with Gasteiger partial charge in [-0.15, -0.1) is 0 Å². The van der Waals surface area contributed by atoms with Crippen LogP contribution in [0.5, 0.6) is 0 Å². The van der Waals surface area contributed by atoms with Gasteiger partial charge in [0.15, 0.2) is 0 Å². The molecule has 2 saturated heterocycles. The number of hydrogen-bond donors (Lipinski definition) is 1. The lowest BCUT2D eigenvalue weighted by Gasteiger charge is -2.37. The lowest BCUT2D eigenvalue weighted by Crippen LogP contribution is -2.50. The van der Waals surface area contributed by atoms with Gasteiger partial charge in [-0.05, 0) is 25.8 Å². The Hall–Kier alpha value is -0.875. The molecule has 0 bridgehead atoms. The lowest BCUT2D eigenvalue weighted by molar-refractivity contribution is -0.152. The second-order valence-corrected chi connectivity index (χ2v) is 5.67. The predicted octanol–water partition coefficient (Wildman–Crippen LogP) is 2.05. The highest BCUT2D eigenvalue weighted by Crippen LogP contribution is 2.31. The van der Waals surface area contributed by atoms with Gasteiger partial charge >= 0.3 is 7.12 Å². The minimum atomic E-state index is -0.894. The summed E-state index contributed by atoms with van der Waals surface area (Å²) in [6.07, 6.45) is 6.29. The maximum atomic E-state index is 10.2. The molecule has 0 radical (unpaired) electrons. The maximum Gasteiger partial charge on any atom is 0.486 e. The van der Waals surface area contributed by atoms with Crippen LogP contribution in [0.1, 0.15) is 27.2 Å². The quantitative estimate of drug-likeness (QED) is 0.617. The van der Waals surface area contributed by atoms with Gasteiger partial charge in [0.2, 0.25) is 0 Å². The first-order valence-corrected chi connectivity index (χ1v) is 7.08. The molecule has 0 aromatic rings. The SMILES string of the molecule is C=C/C(=C\C=C\B1OC(C)C(C)(CC)O1)C1(O)COC1. The van der Waals surface area contributed by atoms with Crippen molar-refractivity contribution in [2.75, 3.05) is 13.2 Å². The number of rotatable bonds is 5. The Morgan fingerprint density at radius 3 is 2.65 bits per heavy atom. The van der Waals surface area contributed by atoms with Crippen molar-refractivity contribution in [2.45, 2.75) is 44.5 Å². The molecule has 1 N–H and O–H groups in total. The van der Waals surface area contributed by atoms with Crippen LogP contribution in [0.2, 0.25) is 0 Å². The van der Waals surface area contributed by atoms with Crippen LogP contribution in [0, 0.1) is 0 Å². The summed E-state index contributed by atoms with van der Waals surface area (Å²) < 4.78 is 16.7. The summed E-state index contributed by atoms with van der Waals surface area (Å²) in [6, 6.07) is 0. The largest absolute Gasteiger partial charge is 0.486 e. The Morgan fingerprint density at radius 1 is 1.50 bits per heavy atom. The van der Waals surface area contributed by atoms with Crippen molar-refractivity contribution in [3.63, 3.8) is 0 Å². The van der Waals surface area contributed by atoms with Gasteiger partial charge in [-0.2, -0.15) is 0 Å². The molecule has 2 aliphatic rings. The summed E-state index contributed by atoms with van der Waals surface area (Å²) >= 11 is 0. The Labute approximate surface area is 121 Å². The van der Waals surface area contributed by atoms with E-state index in [1.807, 2.05) is 25.1 Å². The number of ether oxygens (including phenoxy) is 1. The second-order valence-electron chi connectivity index (χ2n) is 5.67. The van der Waals surface area contributed by atoms with E-state index in [-0.39, 0.29) is 18.8 Å². The van der Waals surface area contributed by atoms with E-state index >= 15 is 0 Å². The number of allylic oxidation sites excluding steroid dienone is 2. The molecular weight excluding hydrogens is 255 g/mol. The summed E-state index contributed by atoms with van der Waals surface area (Å²) in [5, 5.41) is 10.2. The fourth-order valence-electron chi connectivity index (χ4n) is 2.31. The van der Waals surface area contributed by atoms with Gasteiger partial charge in [-0.1, -0.05) is 37.7 Å². The van der Waals surface area contributed by atoms with Crippen molar-refractivity contribution in [1.82, 2.24) is 0 Å². The highest BCUT2D eigenvalue weighted by Gasteiger charge is 2.43. The third-order valence-electron chi connectivity index (χ3n) is 4.27. The van der Waals surface area contributed by atoms with Gasteiger partial charge in [0.25, 0.3) is 0 Å². The predicted molar refractivity (Wildman–Crippen MR) is 79.3 cm³/mol. The monoisotopic (exact) mass is 278 g/mol. The molecule has 2 atom stereocenters. The fraction of sp³-hybridized carbons (Fsp3) is 0.600. The van der Waals surface area contributed by atoms with E-state index < -0.39 is 5.60 Å². The van der Waals surface area contributed by atoms with Crippen molar-refractivity contribution < 1.29 is 19.2 Å². The van der Waals surface area contributed by atoms with E-state index in [1.165, 1.54) is 0 Å². The van der Waals surface area contributed by atoms with Crippen LogP contribution in [0.4, 0.5) is 0 Å². The van der Waals surface area contributed by atoms with Crippen LogP contribution in [-0.2, 0) is 14.0 Å². The van der Waals surface area contributed by atoms with E-state index in [0.29, 0.717) is 13.2 Å². The number of hydrogen-bond acceptors (Lipinski definition) is 4. The average Bonchev–Trinajstić information content (AvgIpc) is 2.68. The molecule has 0 amide bonds. The first-order valence-electron chi connectivity index (χ1n) is 7.08. The average molecular weight is 278 g/mol. The Bertz CT molecular complexity index is 428. The Kier molecular flexibility index (Phi) is 4.54. The molecule has 2 fully saturated rings. The minimum absolute atomic E-state index is 0.0641. The van der Waals surface area contributed by atoms with Crippen LogP contribution in [0.3, 0.4) is 0 Å². The van der Waals surface area contributed by atoms with Crippen molar-refractivity contribution in [2.24, 2.45) is 0 Å². The standard InChI is InChI=1S/C15H23BO4/c1-5-13(15(17)10-18-11-15)8-7-9-16-19-12(3)14(4,6-2)20-16/h5,7-9,12,17H,1,6,10-11H2,2-4H3/b9-7+,13-8+. The van der Waals surface area contributed by atoms with Crippen LogP contribution >= 0.6 is 0 Å². The van der Waals surface area contributed by atoms with Crippen LogP contribution in [0.25, 0.3) is 0 Å². The van der Waals surface area contributed by atoms with Gasteiger partial charge in [-0.3, -0.25) is 0 Å². The van der Waals surface area contributed by atoms with Crippen LogP contribution in [0.15, 0.2) is 36.4 Å². The Balaban J connectivity index is 1.98. The summed E-state index contributed by atoms with van der Waals surface area (Å²) in [5.41, 5.74) is -0.376. The molecular formula is C15H23BO4. The van der Waals surface area contributed by atoms with Gasteiger partial charge in [-0.25, -0.2) is 0 Å². The summed E-state index contributed by atoms with van der Waals surface area (Å²) in [5.74, 6) is 1.85. The van der Waals surface area contributed by atoms with Gasteiger partial charge in [0.1, 0.15) is 5.60 Å².